The SMILES string of the molecule is Nc1ncnc(NN=Cc2ccccn2)c1[N+](=O)[O-]. The van der Waals surface area contributed by atoms with Gasteiger partial charge in [-0.15, -0.1) is 0 Å². The van der Waals surface area contributed by atoms with E-state index in [1.54, 1.807) is 24.4 Å². The van der Waals surface area contributed by atoms with Gasteiger partial charge in [-0.25, -0.2) is 9.97 Å². The van der Waals surface area contributed by atoms with E-state index >= 15 is 0 Å². The number of rotatable bonds is 4. The molecule has 0 bridgehead atoms. The van der Waals surface area contributed by atoms with Crippen molar-refractivity contribution in [3.05, 3.63) is 46.5 Å². The van der Waals surface area contributed by atoms with E-state index in [1.165, 1.54) is 6.21 Å². The summed E-state index contributed by atoms with van der Waals surface area (Å²) < 4.78 is 0. The van der Waals surface area contributed by atoms with Crippen LogP contribution in [0.15, 0.2) is 35.8 Å². The van der Waals surface area contributed by atoms with Gasteiger partial charge in [0.05, 0.1) is 16.8 Å². The van der Waals surface area contributed by atoms with Crippen LogP contribution in [0.3, 0.4) is 0 Å². The number of nitrogens with two attached hydrogens (primary N) is 1. The number of hydrogen-bond donors (Lipinski definition) is 2. The zero-order valence-corrected chi connectivity index (χ0v) is 9.59. The molecule has 19 heavy (non-hydrogen) atoms. The lowest BCUT2D eigenvalue weighted by molar-refractivity contribution is -0.383. The molecule has 0 amide bonds. The monoisotopic (exact) mass is 259 g/mol. The highest BCUT2D eigenvalue weighted by Crippen LogP contribution is 2.25. The predicted molar refractivity (Wildman–Crippen MR) is 68.6 cm³/mol. The summed E-state index contributed by atoms with van der Waals surface area (Å²) in [6.45, 7) is 0. The van der Waals surface area contributed by atoms with Crippen LogP contribution in [0.5, 0.6) is 0 Å². The Labute approximate surface area is 107 Å². The summed E-state index contributed by atoms with van der Waals surface area (Å²) in [5, 5.41) is 14.6. The Balaban J connectivity index is 2.18. The molecule has 96 valence electrons. The average Bonchev–Trinajstić information content (AvgIpc) is 2.39. The number of nitrogens with zero attached hydrogens (tertiary/aromatic N) is 5. The molecule has 0 spiro atoms. The quantitative estimate of drug-likeness (QED) is 0.471. The number of nitrogens with one attached hydrogen (secondary N) is 1. The Bertz CT molecular complexity index is 615. The van der Waals surface area contributed by atoms with Crippen molar-refractivity contribution >= 4 is 23.5 Å². The van der Waals surface area contributed by atoms with E-state index < -0.39 is 10.6 Å². The number of hydrazone groups is 1. The Hall–Kier alpha value is -3.10. The zero-order chi connectivity index (χ0) is 13.7. The average molecular weight is 259 g/mol. The lowest BCUT2D eigenvalue weighted by Gasteiger charge is -2.01. The smallest absolute Gasteiger partial charge is 0.354 e. The van der Waals surface area contributed by atoms with Crippen LogP contribution in [0.1, 0.15) is 5.69 Å². The highest BCUT2D eigenvalue weighted by atomic mass is 16.6. The van der Waals surface area contributed by atoms with Crippen molar-refractivity contribution in [2.45, 2.75) is 0 Å². The topological polar surface area (TPSA) is 132 Å². The largest absolute Gasteiger partial charge is 0.378 e. The molecule has 0 unspecified atom stereocenters. The summed E-state index contributed by atoms with van der Waals surface area (Å²) in [5.41, 5.74) is 8.03. The Kier molecular flexibility index (Phi) is 3.57. The van der Waals surface area contributed by atoms with Crippen LogP contribution in [0, 0.1) is 10.1 Å². The second kappa shape index (κ2) is 5.49. The molecule has 0 radical (unpaired) electrons. The fourth-order valence-corrected chi connectivity index (χ4v) is 1.27. The number of nitro groups is 1. The maximum Gasteiger partial charge on any atom is 0.354 e. The van der Waals surface area contributed by atoms with Gasteiger partial charge in [0.15, 0.2) is 0 Å². The first-order chi connectivity index (χ1) is 9.18. The number of aromatic nitrogens is 3. The predicted octanol–water partition coefficient (Wildman–Crippen LogP) is 0.808. The molecular weight excluding hydrogens is 250 g/mol. The van der Waals surface area contributed by atoms with Crippen LogP contribution < -0.4 is 11.2 Å². The second-order valence-electron chi connectivity index (χ2n) is 3.34. The summed E-state index contributed by atoms with van der Waals surface area (Å²) >= 11 is 0. The van der Waals surface area contributed by atoms with Crippen LogP contribution in [-0.4, -0.2) is 26.1 Å². The molecule has 0 fully saturated rings. The molecular formula is C10H9N7O2. The summed E-state index contributed by atoms with van der Waals surface area (Å²) in [4.78, 5) is 21.4. The van der Waals surface area contributed by atoms with Crippen molar-refractivity contribution in [2.75, 3.05) is 11.2 Å². The van der Waals surface area contributed by atoms with Gasteiger partial charge in [-0.2, -0.15) is 5.10 Å². The van der Waals surface area contributed by atoms with Crippen LogP contribution in [0.2, 0.25) is 0 Å². The Morgan fingerprint density at radius 3 is 2.89 bits per heavy atom. The molecule has 2 aromatic rings. The molecule has 0 atom stereocenters. The molecule has 0 aromatic carbocycles. The van der Waals surface area contributed by atoms with Crippen LogP contribution in [0.25, 0.3) is 0 Å². The third kappa shape index (κ3) is 2.97. The lowest BCUT2D eigenvalue weighted by atomic mass is 10.4. The Morgan fingerprint density at radius 2 is 2.21 bits per heavy atom. The summed E-state index contributed by atoms with van der Waals surface area (Å²) in [7, 11) is 0. The van der Waals surface area contributed by atoms with Gasteiger partial charge in [0.2, 0.25) is 11.6 Å². The third-order valence-corrected chi connectivity index (χ3v) is 2.09. The summed E-state index contributed by atoms with van der Waals surface area (Å²) in [5.74, 6) is -0.305. The van der Waals surface area contributed by atoms with Crippen molar-refractivity contribution < 1.29 is 4.92 Å². The molecule has 9 heteroatoms. The van der Waals surface area contributed by atoms with Gasteiger partial charge in [0.25, 0.3) is 0 Å². The maximum atomic E-state index is 10.8. The molecule has 2 heterocycles. The molecule has 9 nitrogen and oxygen atoms in total. The van der Waals surface area contributed by atoms with Gasteiger partial charge in [-0.05, 0) is 12.1 Å². The van der Waals surface area contributed by atoms with Crippen molar-refractivity contribution in [3.63, 3.8) is 0 Å². The first-order valence-corrected chi connectivity index (χ1v) is 5.13. The standard InChI is InChI=1S/C10H9N7O2/c11-9-8(17(18)19)10(14-6-13-9)16-15-5-7-3-1-2-4-12-7/h1-6H,(H3,11,13,14,16). The molecule has 0 saturated heterocycles. The second-order valence-corrected chi connectivity index (χ2v) is 3.34. The minimum Gasteiger partial charge on any atom is -0.378 e. The fourth-order valence-electron chi connectivity index (χ4n) is 1.27. The van der Waals surface area contributed by atoms with E-state index in [0.717, 1.165) is 6.33 Å². The Morgan fingerprint density at radius 1 is 1.37 bits per heavy atom. The zero-order valence-electron chi connectivity index (χ0n) is 9.59. The van der Waals surface area contributed by atoms with Gasteiger partial charge in [-0.3, -0.25) is 20.5 Å². The van der Waals surface area contributed by atoms with Crippen LogP contribution in [0.4, 0.5) is 17.3 Å². The minimum absolute atomic E-state index is 0.0790. The van der Waals surface area contributed by atoms with E-state index in [-0.39, 0.29) is 11.6 Å². The number of anilines is 2. The number of hydrogen-bond acceptors (Lipinski definition) is 8. The molecule has 0 saturated carbocycles. The first kappa shape index (κ1) is 12.4. The number of nitrogen functional groups attached to an aromatic ring is 1. The van der Waals surface area contributed by atoms with E-state index in [9.17, 15) is 10.1 Å². The highest BCUT2D eigenvalue weighted by Gasteiger charge is 2.20. The van der Waals surface area contributed by atoms with Crippen LogP contribution in [-0.2, 0) is 0 Å². The summed E-state index contributed by atoms with van der Waals surface area (Å²) in [6.07, 6.45) is 4.12. The summed E-state index contributed by atoms with van der Waals surface area (Å²) in [6, 6.07) is 5.29. The molecule has 0 aliphatic heterocycles. The minimum atomic E-state index is -0.673. The lowest BCUT2D eigenvalue weighted by Crippen LogP contribution is -2.04. The van der Waals surface area contributed by atoms with E-state index in [2.05, 4.69) is 25.5 Å². The van der Waals surface area contributed by atoms with Gasteiger partial charge in [0, 0.05) is 6.20 Å². The van der Waals surface area contributed by atoms with Crippen molar-refractivity contribution in [2.24, 2.45) is 5.10 Å². The molecule has 3 N–H and O–H groups in total. The van der Waals surface area contributed by atoms with Crippen molar-refractivity contribution in [1.82, 2.24) is 15.0 Å². The van der Waals surface area contributed by atoms with E-state index in [0.29, 0.717) is 5.69 Å². The normalized spacial score (nSPS) is 10.5. The van der Waals surface area contributed by atoms with Gasteiger partial charge < -0.3 is 5.73 Å². The third-order valence-electron chi connectivity index (χ3n) is 2.09. The van der Waals surface area contributed by atoms with Gasteiger partial charge >= 0.3 is 5.69 Å². The first-order valence-electron chi connectivity index (χ1n) is 5.13. The van der Waals surface area contributed by atoms with Crippen molar-refractivity contribution in [3.8, 4) is 0 Å². The number of pyridine rings is 1. The van der Waals surface area contributed by atoms with E-state index in [4.69, 9.17) is 5.73 Å². The molecule has 0 aliphatic rings. The van der Waals surface area contributed by atoms with Crippen LogP contribution >= 0.6 is 0 Å². The molecule has 2 aromatic heterocycles. The highest BCUT2D eigenvalue weighted by molar-refractivity contribution is 5.78. The van der Waals surface area contributed by atoms with Gasteiger partial charge in [-0.1, -0.05) is 6.07 Å². The maximum absolute atomic E-state index is 10.8. The van der Waals surface area contributed by atoms with Gasteiger partial charge in [0.1, 0.15) is 6.33 Å². The fraction of sp³-hybridized carbons (Fsp3) is 0. The molecule has 0 aliphatic carbocycles. The molecule has 2 rings (SSSR count). The van der Waals surface area contributed by atoms with E-state index in [1.807, 2.05) is 0 Å². The van der Waals surface area contributed by atoms with Crippen molar-refractivity contribution in [1.29, 1.82) is 0 Å².